The van der Waals surface area contributed by atoms with E-state index in [1.54, 1.807) is 21.0 Å². The molecule has 1 aliphatic carbocycles. The van der Waals surface area contributed by atoms with Gasteiger partial charge in [0, 0.05) is 7.11 Å². The van der Waals surface area contributed by atoms with Crippen molar-refractivity contribution in [3.05, 3.63) is 0 Å². The van der Waals surface area contributed by atoms with E-state index in [0.717, 1.165) is 19.3 Å². The zero-order valence-electron chi connectivity index (χ0n) is 24.2. The lowest BCUT2D eigenvalue weighted by atomic mass is 9.68. The second-order valence-corrected chi connectivity index (χ2v) is 8.83. The number of carbonyl (C=O) groups is 3. The Hall–Kier alpha value is -1.71. The van der Waals surface area contributed by atoms with E-state index in [2.05, 4.69) is 0 Å². The van der Waals surface area contributed by atoms with Crippen molar-refractivity contribution in [1.29, 1.82) is 0 Å². The van der Waals surface area contributed by atoms with Crippen molar-refractivity contribution in [1.82, 2.24) is 0 Å². The maximum atomic E-state index is 12.5. The predicted molar refractivity (Wildman–Crippen MR) is 138 cm³/mol. The largest absolute Gasteiger partial charge is 0.463 e. The molecule has 0 aromatic carbocycles. The summed E-state index contributed by atoms with van der Waals surface area (Å²) in [6.45, 7) is 16.7. The minimum atomic E-state index is -0.670. The average molecular weight is 521 g/mol. The van der Waals surface area contributed by atoms with Gasteiger partial charge in [-0.25, -0.2) is 0 Å². The number of rotatable bonds is 15. The topological polar surface area (TPSA) is 107 Å². The Labute approximate surface area is 218 Å². The number of esters is 3. The van der Waals surface area contributed by atoms with Crippen LogP contribution in [-0.2, 0) is 42.8 Å². The van der Waals surface area contributed by atoms with Gasteiger partial charge >= 0.3 is 17.9 Å². The number of hydrogen-bond donors (Lipinski definition) is 0. The molecule has 0 aromatic rings. The molecule has 0 aromatic heterocycles. The van der Waals surface area contributed by atoms with Gasteiger partial charge in [0.25, 0.3) is 0 Å². The molecule has 214 valence electrons. The summed E-state index contributed by atoms with van der Waals surface area (Å²) in [5.74, 6) is -1.13. The first kappa shape index (κ1) is 36.4. The minimum absolute atomic E-state index is 0.0294. The molecule has 1 aliphatic rings. The third-order valence-electron chi connectivity index (χ3n) is 5.66. The molecule has 2 atom stereocenters. The van der Waals surface area contributed by atoms with Gasteiger partial charge in [-0.2, -0.15) is 0 Å². The summed E-state index contributed by atoms with van der Waals surface area (Å²) in [4.78, 5) is 36.2. The lowest BCUT2D eigenvalue weighted by Crippen LogP contribution is -2.39. The zero-order chi connectivity index (χ0) is 28.0. The molecule has 0 spiro atoms. The first-order valence-corrected chi connectivity index (χ1v) is 13.3. The Balaban J connectivity index is 0. The van der Waals surface area contributed by atoms with Crippen molar-refractivity contribution in [3.8, 4) is 0 Å². The molecule has 0 saturated heterocycles. The van der Waals surface area contributed by atoms with Crippen LogP contribution in [-0.4, -0.2) is 71.5 Å². The summed E-state index contributed by atoms with van der Waals surface area (Å²) in [6.07, 6.45) is 3.10. The van der Waals surface area contributed by atoms with Crippen LogP contribution in [0.2, 0.25) is 0 Å². The second-order valence-electron chi connectivity index (χ2n) is 8.83. The van der Waals surface area contributed by atoms with Crippen molar-refractivity contribution in [2.24, 2.45) is 23.2 Å². The molecule has 1 saturated carbocycles. The van der Waals surface area contributed by atoms with E-state index >= 15 is 0 Å². The summed E-state index contributed by atoms with van der Waals surface area (Å²) in [7, 11) is 1.56. The second kappa shape index (κ2) is 22.5. The number of hydrogen-bond acceptors (Lipinski definition) is 9. The van der Waals surface area contributed by atoms with Gasteiger partial charge in [-0.1, -0.05) is 48.0 Å². The summed E-state index contributed by atoms with van der Waals surface area (Å²) in [6, 6.07) is 0. The summed E-state index contributed by atoms with van der Waals surface area (Å²) in [5.41, 5.74) is -0.670. The molecular weight excluding hydrogens is 468 g/mol. The Morgan fingerprint density at radius 1 is 0.806 bits per heavy atom. The van der Waals surface area contributed by atoms with Crippen LogP contribution in [0.3, 0.4) is 0 Å². The Bertz CT molecular complexity index is 576. The van der Waals surface area contributed by atoms with Crippen LogP contribution < -0.4 is 0 Å². The molecule has 0 amide bonds. The van der Waals surface area contributed by atoms with Crippen LogP contribution in [0.5, 0.6) is 0 Å². The van der Waals surface area contributed by atoms with Crippen LogP contribution in [0.4, 0.5) is 0 Å². The van der Waals surface area contributed by atoms with Gasteiger partial charge < -0.3 is 28.4 Å². The summed E-state index contributed by atoms with van der Waals surface area (Å²) in [5, 5.41) is 0. The van der Waals surface area contributed by atoms with E-state index in [0.29, 0.717) is 13.0 Å². The lowest BCUT2D eigenvalue weighted by molar-refractivity contribution is -0.163. The van der Waals surface area contributed by atoms with Crippen LogP contribution in [0.1, 0.15) is 81.1 Å². The molecule has 0 aliphatic heterocycles. The van der Waals surface area contributed by atoms with E-state index in [4.69, 9.17) is 28.4 Å². The number of methoxy groups -OCH3 is 1. The maximum Gasteiger partial charge on any atom is 0.311 e. The normalized spacial score (nSPS) is 17.2. The van der Waals surface area contributed by atoms with Gasteiger partial charge in [0.05, 0.1) is 37.1 Å². The van der Waals surface area contributed by atoms with E-state index in [-0.39, 0.29) is 75.5 Å². The molecule has 9 heteroatoms. The Morgan fingerprint density at radius 3 is 1.92 bits per heavy atom. The van der Waals surface area contributed by atoms with E-state index in [9.17, 15) is 14.4 Å². The van der Waals surface area contributed by atoms with Crippen molar-refractivity contribution in [3.63, 3.8) is 0 Å². The molecule has 0 N–H and O–H groups in total. The Morgan fingerprint density at radius 2 is 1.36 bits per heavy atom. The molecule has 9 nitrogen and oxygen atoms in total. The van der Waals surface area contributed by atoms with E-state index in [1.165, 1.54) is 0 Å². The average Bonchev–Trinajstić information content (AvgIpc) is 2.89. The van der Waals surface area contributed by atoms with Gasteiger partial charge in [0.1, 0.15) is 26.6 Å². The maximum absolute atomic E-state index is 12.5. The first-order chi connectivity index (χ1) is 17.2. The van der Waals surface area contributed by atoms with Crippen molar-refractivity contribution in [2.45, 2.75) is 81.1 Å². The fourth-order valence-corrected chi connectivity index (χ4v) is 3.49. The SMILES string of the molecule is CC.CC.COCCOC(=O)C(C)(C)C1CCCC(C(=O)OCCOCOCCOC(=O)C(C)C)C1. The fraction of sp³-hybridized carbons (Fsp3) is 0.889. The highest BCUT2D eigenvalue weighted by Crippen LogP contribution is 2.41. The minimum Gasteiger partial charge on any atom is -0.463 e. The first-order valence-electron chi connectivity index (χ1n) is 13.3. The van der Waals surface area contributed by atoms with Gasteiger partial charge in [-0.05, 0) is 39.0 Å². The fourth-order valence-electron chi connectivity index (χ4n) is 3.49. The predicted octanol–water partition coefficient (Wildman–Crippen LogP) is 4.79. The highest BCUT2D eigenvalue weighted by atomic mass is 16.7. The van der Waals surface area contributed by atoms with Crippen molar-refractivity contribution in [2.75, 3.05) is 53.5 Å². The third-order valence-corrected chi connectivity index (χ3v) is 5.66. The third kappa shape index (κ3) is 15.4. The molecule has 1 fully saturated rings. The number of carbonyl (C=O) groups excluding carboxylic acids is 3. The standard InChI is InChI=1S/C23H40O9.2C2H6/c1-17(2)20(24)30-13-10-28-16-29-11-14-31-21(25)18-7-6-8-19(15-18)23(3,4)22(26)32-12-9-27-5;2*1-2/h17-19H,6-16H2,1-5H3;2*1-2H3. The molecule has 36 heavy (non-hydrogen) atoms. The molecule has 2 unspecified atom stereocenters. The summed E-state index contributed by atoms with van der Waals surface area (Å²) < 4.78 is 31.0. The van der Waals surface area contributed by atoms with Crippen LogP contribution in [0.15, 0.2) is 0 Å². The molecule has 0 heterocycles. The van der Waals surface area contributed by atoms with Crippen LogP contribution in [0.25, 0.3) is 0 Å². The van der Waals surface area contributed by atoms with Gasteiger partial charge in [0.15, 0.2) is 0 Å². The smallest absolute Gasteiger partial charge is 0.311 e. The van der Waals surface area contributed by atoms with Gasteiger partial charge in [0.2, 0.25) is 0 Å². The molecule has 0 bridgehead atoms. The van der Waals surface area contributed by atoms with Crippen molar-refractivity contribution >= 4 is 17.9 Å². The number of ether oxygens (including phenoxy) is 6. The lowest BCUT2D eigenvalue weighted by Gasteiger charge is -2.37. The van der Waals surface area contributed by atoms with Crippen LogP contribution in [0, 0.1) is 23.2 Å². The summed E-state index contributed by atoms with van der Waals surface area (Å²) >= 11 is 0. The zero-order valence-corrected chi connectivity index (χ0v) is 24.2. The quantitative estimate of drug-likeness (QED) is 0.130. The highest BCUT2D eigenvalue weighted by molar-refractivity contribution is 5.77. The molecule has 1 rings (SSSR count). The van der Waals surface area contributed by atoms with Crippen molar-refractivity contribution < 1.29 is 42.8 Å². The molecule has 0 radical (unpaired) electrons. The van der Waals surface area contributed by atoms with Crippen LogP contribution >= 0.6 is 0 Å². The Kier molecular flexibility index (Phi) is 22.8. The van der Waals surface area contributed by atoms with Gasteiger partial charge in [-0.15, -0.1) is 0 Å². The van der Waals surface area contributed by atoms with Gasteiger partial charge in [-0.3, -0.25) is 14.4 Å². The van der Waals surface area contributed by atoms with E-state index in [1.807, 2.05) is 41.5 Å². The molecular formula is C27H52O9. The van der Waals surface area contributed by atoms with E-state index < -0.39 is 5.41 Å². The highest BCUT2D eigenvalue weighted by Gasteiger charge is 2.42. The monoisotopic (exact) mass is 520 g/mol.